The van der Waals surface area contributed by atoms with Crippen LogP contribution in [-0.4, -0.2) is 18.2 Å². The molecular weight excluding hydrogens is 228 g/mol. The maximum absolute atomic E-state index is 11.3. The minimum absolute atomic E-state index is 0.00975. The Labute approximate surface area is 99.4 Å². The number of carbonyl (C=O) groups is 2. The molecule has 3 nitrogen and oxygen atoms in total. The second kappa shape index (κ2) is 5.66. The van der Waals surface area contributed by atoms with E-state index >= 15 is 0 Å². The lowest BCUT2D eigenvalue weighted by Crippen LogP contribution is -2.22. The van der Waals surface area contributed by atoms with Gasteiger partial charge in [0.1, 0.15) is 12.0 Å². The van der Waals surface area contributed by atoms with Gasteiger partial charge in [0.25, 0.3) is 0 Å². The van der Waals surface area contributed by atoms with Crippen LogP contribution < -0.4 is 4.74 Å². The highest BCUT2D eigenvalue weighted by atomic mass is 35.5. The molecule has 0 heterocycles. The summed E-state index contributed by atoms with van der Waals surface area (Å²) < 4.78 is 5.40. The third kappa shape index (κ3) is 3.07. The molecule has 0 N–H and O–H groups in total. The molecule has 0 fully saturated rings. The highest BCUT2D eigenvalue weighted by Gasteiger charge is 2.14. The second-order valence-electron chi connectivity index (χ2n) is 3.39. The van der Waals surface area contributed by atoms with E-state index in [4.69, 9.17) is 16.3 Å². The van der Waals surface area contributed by atoms with Crippen LogP contribution >= 0.6 is 11.6 Å². The van der Waals surface area contributed by atoms with E-state index in [2.05, 4.69) is 0 Å². The van der Waals surface area contributed by atoms with Crippen LogP contribution in [-0.2, 0) is 4.79 Å². The van der Waals surface area contributed by atoms with Crippen molar-refractivity contribution in [2.24, 2.45) is 0 Å². The average Bonchev–Trinajstić information content (AvgIpc) is 2.30. The van der Waals surface area contributed by atoms with Crippen LogP contribution in [0.2, 0.25) is 5.02 Å². The van der Waals surface area contributed by atoms with E-state index in [1.54, 1.807) is 26.0 Å². The Balaban J connectivity index is 2.82. The van der Waals surface area contributed by atoms with Gasteiger partial charge in [-0.25, -0.2) is 0 Å². The summed E-state index contributed by atoms with van der Waals surface area (Å²) in [4.78, 5) is 21.8. The Kier molecular flexibility index (Phi) is 4.50. The largest absolute Gasteiger partial charge is 0.481 e. The van der Waals surface area contributed by atoms with Gasteiger partial charge in [0.05, 0.1) is 5.02 Å². The molecular formula is C12H13ClO3. The van der Waals surface area contributed by atoms with Gasteiger partial charge in [-0.3, -0.25) is 9.59 Å². The quantitative estimate of drug-likeness (QED) is 0.744. The monoisotopic (exact) mass is 240 g/mol. The number of Topliss-reactive ketones (excluding diaryl/α,β-unsaturated/α-hetero) is 1. The first kappa shape index (κ1) is 12.7. The van der Waals surface area contributed by atoms with Gasteiger partial charge in [-0.2, -0.15) is 0 Å². The minimum Gasteiger partial charge on any atom is -0.481 e. The molecule has 0 radical (unpaired) electrons. The van der Waals surface area contributed by atoms with Gasteiger partial charge in [0, 0.05) is 12.0 Å². The molecule has 1 atom stereocenters. The first-order chi connectivity index (χ1) is 7.58. The summed E-state index contributed by atoms with van der Waals surface area (Å²) >= 11 is 5.90. The van der Waals surface area contributed by atoms with Crippen molar-refractivity contribution in [2.75, 3.05) is 0 Å². The first-order valence-corrected chi connectivity index (χ1v) is 5.40. The standard InChI is InChI=1S/C12H13ClO3/c1-3-11(15)8(2)16-12-5-4-9(7-14)6-10(12)13/h4-8H,3H2,1-2H3. The number of benzene rings is 1. The van der Waals surface area contributed by atoms with E-state index in [1.165, 1.54) is 6.07 Å². The second-order valence-corrected chi connectivity index (χ2v) is 3.79. The van der Waals surface area contributed by atoms with Crippen LogP contribution in [0.1, 0.15) is 30.6 Å². The summed E-state index contributed by atoms with van der Waals surface area (Å²) in [6.07, 6.45) is 0.603. The van der Waals surface area contributed by atoms with Gasteiger partial charge in [-0.15, -0.1) is 0 Å². The molecule has 0 bridgehead atoms. The Morgan fingerprint density at radius 1 is 1.56 bits per heavy atom. The number of ketones is 1. The maximum atomic E-state index is 11.3. The van der Waals surface area contributed by atoms with Crippen LogP contribution in [0.25, 0.3) is 0 Å². The zero-order valence-electron chi connectivity index (χ0n) is 9.20. The van der Waals surface area contributed by atoms with Crippen LogP contribution in [0.5, 0.6) is 5.75 Å². The van der Waals surface area contributed by atoms with E-state index in [0.717, 1.165) is 0 Å². The predicted molar refractivity (Wildman–Crippen MR) is 62.2 cm³/mol. The number of aldehydes is 1. The zero-order chi connectivity index (χ0) is 12.1. The Bertz CT molecular complexity index is 401. The molecule has 0 spiro atoms. The summed E-state index contributed by atoms with van der Waals surface area (Å²) in [5.41, 5.74) is 0.479. The Morgan fingerprint density at radius 2 is 2.25 bits per heavy atom. The van der Waals surface area contributed by atoms with E-state index in [-0.39, 0.29) is 5.78 Å². The third-order valence-corrected chi connectivity index (χ3v) is 2.49. The summed E-state index contributed by atoms with van der Waals surface area (Å²) in [6.45, 7) is 3.45. The normalized spacial score (nSPS) is 11.9. The number of hydrogen-bond donors (Lipinski definition) is 0. The van der Waals surface area contributed by atoms with E-state index in [1.807, 2.05) is 0 Å². The molecule has 0 aromatic heterocycles. The number of carbonyl (C=O) groups excluding carboxylic acids is 2. The summed E-state index contributed by atoms with van der Waals surface area (Å²) in [7, 11) is 0. The smallest absolute Gasteiger partial charge is 0.172 e. The molecule has 1 aromatic rings. The molecule has 16 heavy (non-hydrogen) atoms. The molecule has 0 aliphatic heterocycles. The van der Waals surface area contributed by atoms with E-state index < -0.39 is 6.10 Å². The lowest BCUT2D eigenvalue weighted by molar-refractivity contribution is -0.124. The Hall–Kier alpha value is -1.35. The fraction of sp³-hybridized carbons (Fsp3) is 0.333. The summed E-state index contributed by atoms with van der Waals surface area (Å²) in [5.74, 6) is 0.428. The van der Waals surface area contributed by atoms with Crippen molar-refractivity contribution < 1.29 is 14.3 Å². The van der Waals surface area contributed by atoms with Crippen LogP contribution in [0.3, 0.4) is 0 Å². The third-order valence-electron chi connectivity index (χ3n) is 2.20. The molecule has 0 amide bonds. The van der Waals surface area contributed by atoms with Gasteiger partial charge in [-0.05, 0) is 25.1 Å². The predicted octanol–water partition coefficient (Wildman–Crippen LogP) is 2.90. The number of ether oxygens (including phenoxy) is 1. The van der Waals surface area contributed by atoms with Crippen LogP contribution in [0.15, 0.2) is 18.2 Å². The summed E-state index contributed by atoms with van der Waals surface area (Å²) in [5, 5.41) is 0.334. The highest BCUT2D eigenvalue weighted by molar-refractivity contribution is 6.32. The van der Waals surface area contributed by atoms with Gasteiger partial charge in [-0.1, -0.05) is 18.5 Å². The van der Waals surface area contributed by atoms with E-state index in [9.17, 15) is 9.59 Å². The molecule has 1 rings (SSSR count). The minimum atomic E-state index is -0.524. The maximum Gasteiger partial charge on any atom is 0.172 e. The fourth-order valence-corrected chi connectivity index (χ4v) is 1.46. The average molecular weight is 241 g/mol. The topological polar surface area (TPSA) is 43.4 Å². The molecule has 1 aromatic carbocycles. The lowest BCUT2D eigenvalue weighted by atomic mass is 10.2. The molecule has 0 saturated heterocycles. The molecule has 1 unspecified atom stereocenters. The van der Waals surface area contributed by atoms with Gasteiger partial charge < -0.3 is 4.74 Å². The summed E-state index contributed by atoms with van der Waals surface area (Å²) in [6, 6.07) is 4.69. The van der Waals surface area contributed by atoms with Gasteiger partial charge >= 0.3 is 0 Å². The fourth-order valence-electron chi connectivity index (χ4n) is 1.23. The molecule has 0 aliphatic rings. The van der Waals surface area contributed by atoms with Crippen LogP contribution in [0.4, 0.5) is 0 Å². The molecule has 0 aliphatic carbocycles. The molecule has 0 saturated carbocycles. The van der Waals surface area contributed by atoms with Crippen molar-refractivity contribution in [3.05, 3.63) is 28.8 Å². The number of halogens is 1. The van der Waals surface area contributed by atoms with Crippen molar-refractivity contribution in [1.82, 2.24) is 0 Å². The zero-order valence-corrected chi connectivity index (χ0v) is 9.95. The highest BCUT2D eigenvalue weighted by Crippen LogP contribution is 2.26. The van der Waals surface area contributed by atoms with Crippen molar-refractivity contribution >= 4 is 23.7 Å². The van der Waals surface area contributed by atoms with E-state index in [0.29, 0.717) is 29.0 Å². The van der Waals surface area contributed by atoms with Crippen molar-refractivity contribution in [2.45, 2.75) is 26.4 Å². The van der Waals surface area contributed by atoms with Gasteiger partial charge in [0.2, 0.25) is 0 Å². The van der Waals surface area contributed by atoms with Gasteiger partial charge in [0.15, 0.2) is 11.9 Å². The van der Waals surface area contributed by atoms with Crippen LogP contribution in [0, 0.1) is 0 Å². The SMILES string of the molecule is CCC(=O)C(C)Oc1ccc(C=O)cc1Cl. The first-order valence-electron chi connectivity index (χ1n) is 5.02. The van der Waals surface area contributed by atoms with Crippen molar-refractivity contribution in [3.8, 4) is 5.75 Å². The molecule has 4 heteroatoms. The lowest BCUT2D eigenvalue weighted by Gasteiger charge is -2.13. The Morgan fingerprint density at radius 3 is 2.75 bits per heavy atom. The number of rotatable bonds is 5. The molecule has 86 valence electrons. The van der Waals surface area contributed by atoms with Crippen molar-refractivity contribution in [3.63, 3.8) is 0 Å². The van der Waals surface area contributed by atoms with Crippen molar-refractivity contribution in [1.29, 1.82) is 0 Å². The number of hydrogen-bond acceptors (Lipinski definition) is 3.